The molecule has 4 nitrogen and oxygen atoms in total. The number of rotatable bonds is 5. The number of benzene rings is 1. The van der Waals surface area contributed by atoms with Crippen molar-refractivity contribution in [3.63, 3.8) is 0 Å². The molecule has 1 N–H and O–H groups in total. The van der Waals surface area contributed by atoms with E-state index in [-0.39, 0.29) is 0 Å². The number of imidazole rings is 1. The molecule has 0 saturated heterocycles. The zero-order valence-electron chi connectivity index (χ0n) is 11.3. The van der Waals surface area contributed by atoms with Gasteiger partial charge in [0.2, 0.25) is 0 Å². The van der Waals surface area contributed by atoms with Crippen LogP contribution in [0.2, 0.25) is 5.02 Å². The van der Waals surface area contributed by atoms with Crippen molar-refractivity contribution in [1.82, 2.24) is 14.9 Å². The van der Waals surface area contributed by atoms with Gasteiger partial charge in [0.05, 0.1) is 18.0 Å². The first-order valence-corrected chi connectivity index (χ1v) is 7.33. The highest BCUT2D eigenvalue weighted by Crippen LogP contribution is 2.37. The van der Waals surface area contributed by atoms with E-state index in [1.54, 1.807) is 0 Å². The molecule has 20 heavy (non-hydrogen) atoms. The zero-order chi connectivity index (χ0) is 13.8. The number of hydrogen-bond acceptors (Lipinski definition) is 3. The third-order valence-electron chi connectivity index (χ3n) is 3.57. The van der Waals surface area contributed by atoms with Crippen molar-refractivity contribution in [2.45, 2.75) is 25.4 Å². The van der Waals surface area contributed by atoms with Crippen molar-refractivity contribution < 1.29 is 4.74 Å². The largest absolute Gasteiger partial charge is 0.492 e. The monoisotopic (exact) mass is 291 g/mol. The number of para-hydroxylation sites is 1. The highest BCUT2D eigenvalue weighted by atomic mass is 35.5. The first-order valence-electron chi connectivity index (χ1n) is 6.95. The standard InChI is InChI=1S/C15H18ClN3O/c16-13-4-1-3-12-14(5-10-20-15(12)13)18-6-2-8-19-9-7-17-11-19/h1,3-4,7,9,11,14,18H,2,5-6,8,10H2. The lowest BCUT2D eigenvalue weighted by molar-refractivity contribution is 0.252. The Kier molecular flexibility index (Phi) is 4.23. The average molecular weight is 292 g/mol. The van der Waals surface area contributed by atoms with Crippen LogP contribution in [-0.2, 0) is 6.54 Å². The number of aromatic nitrogens is 2. The second-order valence-electron chi connectivity index (χ2n) is 4.96. The molecule has 0 bridgehead atoms. The number of hydrogen-bond donors (Lipinski definition) is 1. The van der Waals surface area contributed by atoms with Crippen molar-refractivity contribution >= 4 is 11.6 Å². The lowest BCUT2D eigenvalue weighted by Crippen LogP contribution is -2.28. The van der Waals surface area contributed by atoms with Crippen molar-refractivity contribution in [3.8, 4) is 5.75 Å². The minimum Gasteiger partial charge on any atom is -0.492 e. The molecule has 1 aromatic heterocycles. The minimum atomic E-state index is 0.334. The molecule has 0 saturated carbocycles. The zero-order valence-corrected chi connectivity index (χ0v) is 12.0. The van der Waals surface area contributed by atoms with E-state index < -0.39 is 0 Å². The Balaban J connectivity index is 1.55. The van der Waals surface area contributed by atoms with Crippen LogP contribution in [0.1, 0.15) is 24.4 Å². The third kappa shape index (κ3) is 2.97. The second-order valence-corrected chi connectivity index (χ2v) is 5.36. The van der Waals surface area contributed by atoms with Gasteiger partial charge in [0.15, 0.2) is 0 Å². The van der Waals surface area contributed by atoms with E-state index in [9.17, 15) is 0 Å². The molecule has 106 valence electrons. The molecule has 3 rings (SSSR count). The normalized spacial score (nSPS) is 17.6. The number of halogens is 1. The van der Waals surface area contributed by atoms with Gasteiger partial charge in [-0.1, -0.05) is 23.7 Å². The number of ether oxygens (including phenoxy) is 1. The molecule has 0 amide bonds. The van der Waals surface area contributed by atoms with E-state index in [1.165, 1.54) is 5.56 Å². The molecule has 0 fully saturated rings. The molecule has 0 spiro atoms. The van der Waals surface area contributed by atoms with Crippen molar-refractivity contribution in [2.75, 3.05) is 13.2 Å². The fourth-order valence-corrected chi connectivity index (χ4v) is 2.79. The summed E-state index contributed by atoms with van der Waals surface area (Å²) in [4.78, 5) is 4.04. The summed E-state index contributed by atoms with van der Waals surface area (Å²) in [5.74, 6) is 0.840. The van der Waals surface area contributed by atoms with E-state index >= 15 is 0 Å². The highest BCUT2D eigenvalue weighted by molar-refractivity contribution is 6.32. The van der Waals surface area contributed by atoms with Crippen LogP contribution in [0.4, 0.5) is 0 Å². The fraction of sp³-hybridized carbons (Fsp3) is 0.400. The SMILES string of the molecule is Clc1cccc2c1OCCC2NCCCn1ccnc1. The summed E-state index contributed by atoms with van der Waals surface area (Å²) < 4.78 is 7.76. The quantitative estimate of drug-likeness (QED) is 0.861. The van der Waals surface area contributed by atoms with E-state index in [0.29, 0.717) is 11.1 Å². The average Bonchev–Trinajstić information content (AvgIpc) is 2.98. The summed E-state index contributed by atoms with van der Waals surface area (Å²) >= 11 is 6.17. The number of aryl methyl sites for hydroxylation is 1. The van der Waals surface area contributed by atoms with Crippen LogP contribution in [0, 0.1) is 0 Å². The van der Waals surface area contributed by atoms with Gasteiger partial charge in [0.25, 0.3) is 0 Å². The number of nitrogens with one attached hydrogen (secondary N) is 1. The van der Waals surface area contributed by atoms with E-state index in [2.05, 4.69) is 20.9 Å². The predicted molar refractivity (Wildman–Crippen MR) is 79.2 cm³/mol. The molecule has 1 unspecified atom stereocenters. The Labute approximate surface area is 123 Å². The summed E-state index contributed by atoms with van der Waals surface area (Å²) in [6, 6.07) is 6.28. The van der Waals surface area contributed by atoms with Crippen LogP contribution >= 0.6 is 11.6 Å². The van der Waals surface area contributed by atoms with Crippen LogP contribution < -0.4 is 10.1 Å². The minimum absolute atomic E-state index is 0.334. The predicted octanol–water partition coefficient (Wildman–Crippen LogP) is 3.04. The van der Waals surface area contributed by atoms with Gasteiger partial charge < -0.3 is 14.6 Å². The summed E-state index contributed by atoms with van der Waals surface area (Å²) in [5.41, 5.74) is 1.17. The van der Waals surface area contributed by atoms with Gasteiger partial charge >= 0.3 is 0 Å². The molecular weight excluding hydrogens is 274 g/mol. The molecule has 2 heterocycles. The first-order chi connectivity index (χ1) is 9.84. The molecule has 5 heteroatoms. The Morgan fingerprint density at radius 2 is 2.40 bits per heavy atom. The Morgan fingerprint density at radius 1 is 1.45 bits per heavy atom. The van der Waals surface area contributed by atoms with Gasteiger partial charge in [-0.15, -0.1) is 0 Å². The maximum absolute atomic E-state index is 6.17. The summed E-state index contributed by atoms with van der Waals surface area (Å²) in [6.45, 7) is 2.67. The highest BCUT2D eigenvalue weighted by Gasteiger charge is 2.22. The smallest absolute Gasteiger partial charge is 0.142 e. The lowest BCUT2D eigenvalue weighted by atomic mass is 10.0. The molecule has 1 aromatic carbocycles. The van der Waals surface area contributed by atoms with Gasteiger partial charge in [-0.25, -0.2) is 4.98 Å². The maximum atomic E-state index is 6.17. The van der Waals surface area contributed by atoms with Gasteiger partial charge in [-0.05, 0) is 19.0 Å². The Morgan fingerprint density at radius 3 is 3.25 bits per heavy atom. The molecular formula is C15H18ClN3O. The molecule has 0 radical (unpaired) electrons. The second kappa shape index (κ2) is 6.29. The van der Waals surface area contributed by atoms with Crippen LogP contribution in [-0.4, -0.2) is 22.7 Å². The molecule has 0 aliphatic carbocycles. The molecule has 1 atom stereocenters. The van der Waals surface area contributed by atoms with Crippen LogP contribution in [0.3, 0.4) is 0 Å². The molecule has 1 aliphatic rings. The van der Waals surface area contributed by atoms with Gasteiger partial charge in [0.1, 0.15) is 5.75 Å². The van der Waals surface area contributed by atoms with Crippen LogP contribution in [0.5, 0.6) is 5.75 Å². The van der Waals surface area contributed by atoms with Crippen molar-refractivity contribution in [1.29, 1.82) is 0 Å². The van der Waals surface area contributed by atoms with Gasteiger partial charge in [-0.2, -0.15) is 0 Å². The molecule has 2 aromatic rings. The van der Waals surface area contributed by atoms with Gasteiger partial charge in [0, 0.05) is 37.0 Å². The maximum Gasteiger partial charge on any atom is 0.142 e. The Bertz CT molecular complexity index is 556. The van der Waals surface area contributed by atoms with E-state index in [1.807, 2.05) is 30.9 Å². The number of nitrogens with zero attached hydrogens (tertiary/aromatic N) is 2. The van der Waals surface area contributed by atoms with Crippen molar-refractivity contribution in [2.24, 2.45) is 0 Å². The molecule has 1 aliphatic heterocycles. The Hall–Kier alpha value is -1.52. The third-order valence-corrected chi connectivity index (χ3v) is 3.87. The lowest BCUT2D eigenvalue weighted by Gasteiger charge is -2.27. The summed E-state index contributed by atoms with van der Waals surface area (Å²) in [7, 11) is 0. The number of fused-ring (bicyclic) bond motifs is 1. The first kappa shape index (κ1) is 13.5. The fourth-order valence-electron chi connectivity index (χ4n) is 2.56. The van der Waals surface area contributed by atoms with E-state index in [0.717, 1.165) is 38.3 Å². The van der Waals surface area contributed by atoms with E-state index in [4.69, 9.17) is 16.3 Å². The van der Waals surface area contributed by atoms with Crippen LogP contribution in [0.25, 0.3) is 0 Å². The summed E-state index contributed by atoms with van der Waals surface area (Å²) in [5, 5.41) is 4.30. The summed E-state index contributed by atoms with van der Waals surface area (Å²) in [6.07, 6.45) is 7.71. The van der Waals surface area contributed by atoms with Crippen molar-refractivity contribution in [3.05, 3.63) is 47.5 Å². The van der Waals surface area contributed by atoms with Gasteiger partial charge in [-0.3, -0.25) is 0 Å². The topological polar surface area (TPSA) is 39.1 Å². The van der Waals surface area contributed by atoms with Crippen LogP contribution in [0.15, 0.2) is 36.9 Å².